The maximum atomic E-state index is 11.4. The van der Waals surface area contributed by atoms with Crippen LogP contribution in [0.2, 0.25) is 0 Å². The monoisotopic (exact) mass is 201 g/mol. The van der Waals surface area contributed by atoms with Gasteiger partial charge in [-0.3, -0.25) is 4.79 Å². The third-order valence-electron chi connectivity index (χ3n) is 1.29. The molecule has 0 heterocycles. The minimum Gasteiger partial charge on any atom is -0.274 e. The number of nitrogens with one attached hydrogen (secondary N) is 1. The summed E-state index contributed by atoms with van der Waals surface area (Å²) in [6.07, 6.45) is 0. The van der Waals surface area contributed by atoms with Crippen molar-refractivity contribution >= 4 is 15.9 Å². The number of carbonyl (C=O) groups excluding carboxylic acids is 1. The highest BCUT2D eigenvalue weighted by Gasteiger charge is 2.13. The summed E-state index contributed by atoms with van der Waals surface area (Å²) in [7, 11) is -3.94. The van der Waals surface area contributed by atoms with Crippen LogP contribution in [-0.2, 0) is 14.8 Å². The molecule has 1 aromatic carbocycles. The van der Waals surface area contributed by atoms with Crippen LogP contribution in [0.1, 0.15) is 9.62 Å². The molecule has 70 valence electrons. The first-order chi connectivity index (χ1) is 6.93. The van der Waals surface area contributed by atoms with E-state index < -0.39 is 22.8 Å². The number of benzene rings is 1. The molecule has 1 N–H and O–H groups in total. The quantitative estimate of drug-likeness (QED) is 0.758. The minimum atomic E-state index is -3.94. The molecule has 0 saturated carbocycles. The highest BCUT2D eigenvalue weighted by atomic mass is 32.2. The van der Waals surface area contributed by atoms with E-state index in [0.717, 1.165) is 0 Å². The van der Waals surface area contributed by atoms with Gasteiger partial charge < -0.3 is 0 Å². The SMILES string of the molecule is [2H]C([2H])C(=O)NS(=O)(=O)c1ccccc1. The van der Waals surface area contributed by atoms with Crippen molar-refractivity contribution in [2.75, 3.05) is 0 Å². The average molecular weight is 201 g/mol. The predicted molar refractivity (Wildman–Crippen MR) is 47.4 cm³/mol. The van der Waals surface area contributed by atoms with E-state index in [1.54, 1.807) is 10.8 Å². The molecule has 1 amide bonds. The zero-order valence-corrected chi connectivity index (χ0v) is 7.41. The second-order valence-electron chi connectivity index (χ2n) is 2.28. The summed E-state index contributed by atoms with van der Waals surface area (Å²) < 4.78 is 38.0. The number of hydrogen-bond donors (Lipinski definition) is 1. The number of rotatable bonds is 2. The Morgan fingerprint density at radius 3 is 2.54 bits per heavy atom. The molecule has 0 spiro atoms. The first-order valence-electron chi connectivity index (χ1n) is 4.55. The van der Waals surface area contributed by atoms with Gasteiger partial charge in [0, 0.05) is 9.62 Å². The number of amides is 1. The van der Waals surface area contributed by atoms with E-state index in [1.165, 1.54) is 24.3 Å². The lowest BCUT2D eigenvalue weighted by atomic mass is 10.4. The molecule has 0 unspecified atom stereocenters. The summed E-state index contributed by atoms with van der Waals surface area (Å²) in [5.74, 6) is -1.17. The lowest BCUT2D eigenvalue weighted by Crippen LogP contribution is -2.27. The zero-order valence-electron chi connectivity index (χ0n) is 8.60. The highest BCUT2D eigenvalue weighted by molar-refractivity contribution is 7.90. The van der Waals surface area contributed by atoms with E-state index in [4.69, 9.17) is 2.74 Å². The molecular formula is C8H9NO3S. The Labute approximate surface area is 79.4 Å². The van der Waals surface area contributed by atoms with Gasteiger partial charge in [0.15, 0.2) is 0 Å². The van der Waals surface area contributed by atoms with Gasteiger partial charge in [-0.15, -0.1) is 0 Å². The Kier molecular flexibility index (Phi) is 1.95. The smallest absolute Gasteiger partial charge is 0.264 e. The number of hydrogen-bond acceptors (Lipinski definition) is 3. The van der Waals surface area contributed by atoms with Crippen molar-refractivity contribution in [1.29, 1.82) is 0 Å². The number of carbonyl (C=O) groups is 1. The first kappa shape index (κ1) is 7.08. The predicted octanol–water partition coefficient (Wildman–Crippen LogP) is 0.511. The van der Waals surface area contributed by atoms with Crippen LogP contribution in [-0.4, -0.2) is 14.3 Å². The summed E-state index contributed by atoms with van der Waals surface area (Å²) in [6, 6.07) is 7.30. The van der Waals surface area contributed by atoms with Gasteiger partial charge in [0.25, 0.3) is 10.0 Å². The highest BCUT2D eigenvalue weighted by Crippen LogP contribution is 2.06. The van der Waals surface area contributed by atoms with Crippen LogP contribution in [0.3, 0.4) is 0 Å². The van der Waals surface area contributed by atoms with Crippen LogP contribution in [0.15, 0.2) is 35.2 Å². The van der Waals surface area contributed by atoms with Crippen molar-refractivity contribution in [2.24, 2.45) is 0 Å². The molecule has 0 aliphatic carbocycles. The molecule has 0 fully saturated rings. The summed E-state index contributed by atoms with van der Waals surface area (Å²) in [5.41, 5.74) is 0. The molecule has 0 atom stereocenters. The van der Waals surface area contributed by atoms with Gasteiger partial charge >= 0.3 is 0 Å². The van der Waals surface area contributed by atoms with Crippen molar-refractivity contribution in [2.45, 2.75) is 11.8 Å². The van der Waals surface area contributed by atoms with Gasteiger partial charge in [-0.05, 0) is 12.1 Å². The minimum absolute atomic E-state index is 0.0704. The Bertz CT molecular complexity index is 444. The maximum Gasteiger partial charge on any atom is 0.264 e. The van der Waals surface area contributed by atoms with Crippen molar-refractivity contribution in [1.82, 2.24) is 4.72 Å². The topological polar surface area (TPSA) is 63.2 Å². The Morgan fingerprint density at radius 2 is 2.00 bits per heavy atom. The lowest BCUT2D eigenvalue weighted by molar-refractivity contribution is -0.117. The van der Waals surface area contributed by atoms with Crippen molar-refractivity contribution in [3.05, 3.63) is 30.3 Å². The molecule has 0 radical (unpaired) electrons. The van der Waals surface area contributed by atoms with Gasteiger partial charge in [-0.1, -0.05) is 18.2 Å². The van der Waals surface area contributed by atoms with Crippen molar-refractivity contribution in [3.8, 4) is 0 Å². The molecule has 13 heavy (non-hydrogen) atoms. The van der Waals surface area contributed by atoms with Gasteiger partial charge in [-0.25, -0.2) is 13.1 Å². The van der Waals surface area contributed by atoms with Crippen molar-refractivity contribution < 1.29 is 16.0 Å². The van der Waals surface area contributed by atoms with E-state index in [9.17, 15) is 13.2 Å². The van der Waals surface area contributed by atoms with Gasteiger partial charge in [-0.2, -0.15) is 0 Å². The standard InChI is InChI=1S/C8H9NO3S/c1-7(10)9-13(11,12)8-5-3-2-4-6-8/h2-6H,1H3,(H,9,10)/i1D2. The molecule has 0 bridgehead atoms. The Morgan fingerprint density at radius 1 is 1.38 bits per heavy atom. The summed E-state index contributed by atoms with van der Waals surface area (Å²) in [6.45, 7) is -1.86. The fourth-order valence-corrected chi connectivity index (χ4v) is 1.69. The molecule has 0 aromatic heterocycles. The van der Waals surface area contributed by atoms with Crippen LogP contribution in [0.25, 0.3) is 0 Å². The molecule has 0 aliphatic heterocycles. The average Bonchev–Trinajstić information content (AvgIpc) is 2.18. The van der Waals surface area contributed by atoms with Gasteiger partial charge in [0.05, 0.1) is 4.90 Å². The second kappa shape index (κ2) is 3.57. The molecular weight excluding hydrogens is 190 g/mol. The third-order valence-corrected chi connectivity index (χ3v) is 2.65. The fraction of sp³-hybridized carbons (Fsp3) is 0.125. The molecule has 0 aliphatic rings. The van der Waals surface area contributed by atoms with Gasteiger partial charge in [0.2, 0.25) is 5.91 Å². The van der Waals surface area contributed by atoms with Crippen LogP contribution in [0, 0.1) is 0 Å². The summed E-state index contributed by atoms with van der Waals surface area (Å²) in [5, 5.41) is 0. The van der Waals surface area contributed by atoms with Crippen LogP contribution in [0.4, 0.5) is 0 Å². The van der Waals surface area contributed by atoms with E-state index in [-0.39, 0.29) is 4.90 Å². The number of sulfonamides is 1. The molecule has 4 nitrogen and oxygen atoms in total. The molecule has 5 heteroatoms. The second-order valence-corrected chi connectivity index (χ2v) is 3.97. The third kappa shape index (κ3) is 2.55. The Balaban J connectivity index is 2.91. The lowest BCUT2D eigenvalue weighted by Gasteiger charge is -2.02. The molecule has 0 saturated heterocycles. The van der Waals surface area contributed by atoms with Crippen LogP contribution < -0.4 is 4.72 Å². The van der Waals surface area contributed by atoms with E-state index in [0.29, 0.717) is 0 Å². The normalized spacial score (nSPS) is 13.3. The van der Waals surface area contributed by atoms with E-state index in [1.807, 2.05) is 0 Å². The van der Waals surface area contributed by atoms with Crippen LogP contribution in [0.5, 0.6) is 0 Å². The van der Waals surface area contributed by atoms with Crippen LogP contribution >= 0.6 is 0 Å². The largest absolute Gasteiger partial charge is 0.274 e. The van der Waals surface area contributed by atoms with E-state index >= 15 is 0 Å². The van der Waals surface area contributed by atoms with Crippen molar-refractivity contribution in [3.63, 3.8) is 0 Å². The Hall–Kier alpha value is -1.36. The van der Waals surface area contributed by atoms with E-state index in [2.05, 4.69) is 0 Å². The molecule has 1 aromatic rings. The summed E-state index contributed by atoms with van der Waals surface area (Å²) in [4.78, 5) is 10.8. The first-order valence-corrected chi connectivity index (χ1v) is 4.88. The fourth-order valence-electron chi connectivity index (χ4n) is 0.791. The maximum absolute atomic E-state index is 11.4. The zero-order chi connectivity index (χ0) is 11.5. The molecule has 1 rings (SSSR count). The van der Waals surface area contributed by atoms with Gasteiger partial charge in [0.1, 0.15) is 0 Å². The summed E-state index contributed by atoms with van der Waals surface area (Å²) >= 11 is 0.